The summed E-state index contributed by atoms with van der Waals surface area (Å²) in [6.07, 6.45) is 3.13. The molecule has 1 aliphatic rings. The number of sulfonamides is 1. The van der Waals surface area contributed by atoms with Crippen LogP contribution in [0.25, 0.3) is 0 Å². The molecule has 0 bridgehead atoms. The van der Waals surface area contributed by atoms with Crippen molar-refractivity contribution in [2.24, 2.45) is 7.05 Å². The van der Waals surface area contributed by atoms with Crippen LogP contribution in [0.1, 0.15) is 30.3 Å². The number of hydrogen-bond acceptors (Lipinski definition) is 4. The van der Waals surface area contributed by atoms with E-state index < -0.39 is 10.0 Å². The van der Waals surface area contributed by atoms with E-state index in [0.29, 0.717) is 17.4 Å². The summed E-state index contributed by atoms with van der Waals surface area (Å²) in [5.74, 6) is 0.666. The molecule has 1 saturated heterocycles. The van der Waals surface area contributed by atoms with E-state index >= 15 is 0 Å². The van der Waals surface area contributed by atoms with Crippen LogP contribution in [0.3, 0.4) is 0 Å². The Hall–Kier alpha value is -1.44. The highest BCUT2D eigenvalue weighted by molar-refractivity contribution is 7.89. The van der Waals surface area contributed by atoms with Gasteiger partial charge in [0.05, 0.1) is 10.9 Å². The van der Waals surface area contributed by atoms with Crippen LogP contribution < -0.4 is 0 Å². The normalized spacial score (nSPS) is 19.7. The highest BCUT2D eigenvalue weighted by Gasteiger charge is 2.38. The molecule has 6 nitrogen and oxygen atoms in total. The molecule has 0 amide bonds. The fourth-order valence-electron chi connectivity index (χ4n) is 2.75. The molecule has 0 spiro atoms. The number of rotatable bonds is 3. The summed E-state index contributed by atoms with van der Waals surface area (Å²) in [7, 11) is -1.78. The first-order valence-electron chi connectivity index (χ1n) is 7.03. The lowest BCUT2D eigenvalue weighted by Gasteiger charge is -2.23. The van der Waals surface area contributed by atoms with E-state index in [2.05, 4.69) is 10.2 Å². The second kappa shape index (κ2) is 5.64. The lowest BCUT2D eigenvalue weighted by Crippen LogP contribution is -2.32. The highest BCUT2D eigenvalue weighted by Crippen LogP contribution is 2.36. The van der Waals surface area contributed by atoms with Gasteiger partial charge >= 0.3 is 0 Å². The molecule has 8 heteroatoms. The Bertz CT molecular complexity index is 803. The third-order valence-electron chi connectivity index (χ3n) is 4.00. The van der Waals surface area contributed by atoms with Crippen molar-refractivity contribution in [2.75, 3.05) is 6.54 Å². The summed E-state index contributed by atoms with van der Waals surface area (Å²) < 4.78 is 29.1. The molecule has 2 heterocycles. The Morgan fingerprint density at radius 3 is 2.77 bits per heavy atom. The molecule has 3 rings (SSSR count). The fraction of sp³-hybridized carbons (Fsp3) is 0.429. The zero-order valence-electron chi connectivity index (χ0n) is 12.4. The molecule has 1 aliphatic heterocycles. The van der Waals surface area contributed by atoms with Crippen molar-refractivity contribution < 1.29 is 8.42 Å². The maximum Gasteiger partial charge on any atom is 0.243 e. The van der Waals surface area contributed by atoms with Crippen molar-refractivity contribution in [3.8, 4) is 0 Å². The molecule has 1 atom stereocenters. The Kier molecular flexibility index (Phi) is 3.96. The fourth-order valence-corrected chi connectivity index (χ4v) is 4.68. The maximum atomic E-state index is 12.9. The summed E-state index contributed by atoms with van der Waals surface area (Å²) in [6.45, 7) is 2.32. The average Bonchev–Trinajstić information content (AvgIpc) is 3.10. The second-order valence-corrected chi connectivity index (χ2v) is 7.78. The van der Waals surface area contributed by atoms with Crippen molar-refractivity contribution in [1.82, 2.24) is 19.1 Å². The minimum Gasteiger partial charge on any atom is -0.319 e. The molecule has 0 radical (unpaired) electrons. The van der Waals surface area contributed by atoms with Gasteiger partial charge in [0.1, 0.15) is 6.33 Å². The maximum absolute atomic E-state index is 12.9. The van der Waals surface area contributed by atoms with Gasteiger partial charge in [-0.15, -0.1) is 10.2 Å². The summed E-state index contributed by atoms with van der Waals surface area (Å²) in [5, 5.41) is 8.37. The molecule has 1 unspecified atom stereocenters. The Balaban J connectivity index is 2.00. The van der Waals surface area contributed by atoms with Crippen LogP contribution in [0.15, 0.2) is 29.4 Å². The molecule has 1 aromatic carbocycles. The standard InChI is InChI=1S/C14H17ClN4O2S/c1-10-5-6-11(8-12(10)15)22(20,21)19-7-3-4-13(19)14-17-16-9-18(14)2/h5-6,8-9,13H,3-4,7H2,1-2H3. The van der Waals surface area contributed by atoms with E-state index in [1.165, 1.54) is 10.4 Å². The van der Waals surface area contributed by atoms with Gasteiger partial charge in [-0.2, -0.15) is 4.31 Å². The van der Waals surface area contributed by atoms with Crippen LogP contribution in [-0.4, -0.2) is 34.0 Å². The number of benzene rings is 1. The summed E-state index contributed by atoms with van der Waals surface area (Å²) in [4.78, 5) is 0.220. The lowest BCUT2D eigenvalue weighted by atomic mass is 10.2. The highest BCUT2D eigenvalue weighted by atomic mass is 35.5. The first kappa shape index (κ1) is 15.5. The van der Waals surface area contributed by atoms with Gasteiger partial charge in [-0.25, -0.2) is 8.42 Å². The molecule has 2 aromatic rings. The molecule has 0 N–H and O–H groups in total. The predicted molar refractivity (Wildman–Crippen MR) is 83.1 cm³/mol. The average molecular weight is 341 g/mol. The third-order valence-corrected chi connectivity index (χ3v) is 6.31. The SMILES string of the molecule is Cc1ccc(S(=O)(=O)N2CCCC2c2nncn2C)cc1Cl. The quantitative estimate of drug-likeness (QED) is 0.859. The molecule has 0 saturated carbocycles. The Labute approximate surface area is 134 Å². The number of aromatic nitrogens is 3. The number of aryl methyl sites for hydroxylation is 2. The summed E-state index contributed by atoms with van der Waals surface area (Å²) in [5.41, 5.74) is 0.854. The first-order chi connectivity index (χ1) is 10.4. The van der Waals surface area contributed by atoms with E-state index in [4.69, 9.17) is 11.6 Å². The second-order valence-electron chi connectivity index (χ2n) is 5.48. The minimum absolute atomic E-state index is 0.220. The van der Waals surface area contributed by atoms with Gasteiger partial charge in [0.25, 0.3) is 0 Å². The van der Waals surface area contributed by atoms with E-state index in [9.17, 15) is 8.42 Å². The zero-order valence-corrected chi connectivity index (χ0v) is 14.0. The third kappa shape index (κ3) is 2.53. The van der Waals surface area contributed by atoms with Gasteiger partial charge in [0.15, 0.2) is 5.82 Å². The molecule has 1 fully saturated rings. The van der Waals surface area contributed by atoms with Gasteiger partial charge in [0.2, 0.25) is 10.0 Å². The molecule has 1 aromatic heterocycles. The van der Waals surface area contributed by atoms with Crippen molar-refractivity contribution in [1.29, 1.82) is 0 Å². The number of nitrogens with zero attached hydrogens (tertiary/aromatic N) is 4. The minimum atomic E-state index is -3.60. The number of halogens is 1. The Morgan fingerprint density at radius 2 is 2.14 bits per heavy atom. The lowest BCUT2D eigenvalue weighted by molar-refractivity contribution is 0.376. The van der Waals surface area contributed by atoms with Crippen molar-refractivity contribution in [3.05, 3.63) is 40.9 Å². The molecular weight excluding hydrogens is 324 g/mol. The van der Waals surface area contributed by atoms with Crippen LogP contribution in [0, 0.1) is 6.92 Å². The smallest absolute Gasteiger partial charge is 0.243 e. The van der Waals surface area contributed by atoms with Crippen LogP contribution in [-0.2, 0) is 17.1 Å². The summed E-state index contributed by atoms with van der Waals surface area (Å²) >= 11 is 6.08. The zero-order chi connectivity index (χ0) is 15.9. The van der Waals surface area contributed by atoms with E-state index in [1.807, 2.05) is 14.0 Å². The van der Waals surface area contributed by atoms with Crippen molar-refractivity contribution in [3.63, 3.8) is 0 Å². The van der Waals surface area contributed by atoms with Crippen LogP contribution >= 0.6 is 11.6 Å². The van der Waals surface area contributed by atoms with Crippen molar-refractivity contribution >= 4 is 21.6 Å². The summed E-state index contributed by atoms with van der Waals surface area (Å²) in [6, 6.07) is 4.56. The van der Waals surface area contributed by atoms with Crippen molar-refractivity contribution in [2.45, 2.75) is 30.7 Å². The monoisotopic (exact) mass is 340 g/mol. The largest absolute Gasteiger partial charge is 0.319 e. The topological polar surface area (TPSA) is 68.1 Å². The van der Waals surface area contributed by atoms with E-state index in [0.717, 1.165) is 18.4 Å². The molecule has 22 heavy (non-hydrogen) atoms. The van der Waals surface area contributed by atoms with E-state index in [1.54, 1.807) is 23.0 Å². The van der Waals surface area contributed by atoms with Crippen LogP contribution in [0.4, 0.5) is 0 Å². The van der Waals surface area contributed by atoms with Gasteiger partial charge in [-0.1, -0.05) is 17.7 Å². The van der Waals surface area contributed by atoms with Gasteiger partial charge in [-0.05, 0) is 37.5 Å². The van der Waals surface area contributed by atoms with Gasteiger partial charge < -0.3 is 4.57 Å². The van der Waals surface area contributed by atoms with Crippen LogP contribution in [0.5, 0.6) is 0 Å². The van der Waals surface area contributed by atoms with E-state index in [-0.39, 0.29) is 10.9 Å². The first-order valence-corrected chi connectivity index (χ1v) is 8.85. The van der Waals surface area contributed by atoms with Crippen LogP contribution in [0.2, 0.25) is 5.02 Å². The van der Waals surface area contributed by atoms with Gasteiger partial charge in [0, 0.05) is 18.6 Å². The Morgan fingerprint density at radius 1 is 1.36 bits per heavy atom. The molecular formula is C14H17ClN4O2S. The predicted octanol–water partition coefficient (Wildman–Crippen LogP) is 2.30. The number of hydrogen-bond donors (Lipinski definition) is 0. The molecule has 0 aliphatic carbocycles. The molecule has 118 valence electrons. The van der Waals surface area contributed by atoms with Gasteiger partial charge in [-0.3, -0.25) is 0 Å².